The predicted octanol–water partition coefficient (Wildman–Crippen LogP) is 0.812. The highest BCUT2D eigenvalue weighted by Gasteiger charge is 1.93. The van der Waals surface area contributed by atoms with E-state index in [1.807, 2.05) is 13.1 Å². The van der Waals surface area contributed by atoms with E-state index in [1.54, 1.807) is 12.1 Å². The summed E-state index contributed by atoms with van der Waals surface area (Å²) in [7, 11) is 1.91. The van der Waals surface area contributed by atoms with Crippen LogP contribution in [0.4, 0.5) is 11.4 Å². The molecule has 0 fully saturated rings. The van der Waals surface area contributed by atoms with Gasteiger partial charge in [0.2, 0.25) is 0 Å². The molecule has 0 saturated carbocycles. The van der Waals surface area contributed by atoms with Crippen LogP contribution in [0.15, 0.2) is 18.2 Å². The molecule has 1 aromatic rings. The Labute approximate surface area is 84.5 Å². The summed E-state index contributed by atoms with van der Waals surface area (Å²) in [5, 5.41) is 3.03. The van der Waals surface area contributed by atoms with Crippen molar-refractivity contribution in [3.63, 3.8) is 0 Å². The Kier molecular flexibility index (Phi) is 3.84. The van der Waals surface area contributed by atoms with Crippen molar-refractivity contribution in [2.75, 3.05) is 25.1 Å². The largest absolute Gasteiger partial charge is 0.397 e. The van der Waals surface area contributed by atoms with Gasteiger partial charge in [-0.25, -0.2) is 0 Å². The lowest BCUT2D eigenvalue weighted by molar-refractivity contribution is 0.818. The highest BCUT2D eigenvalue weighted by atomic mass is 14.8. The zero-order valence-corrected chi connectivity index (χ0v) is 8.30. The van der Waals surface area contributed by atoms with Crippen LogP contribution in [-0.4, -0.2) is 13.6 Å². The van der Waals surface area contributed by atoms with Crippen LogP contribution in [0.3, 0.4) is 0 Å². The first-order valence-corrected chi connectivity index (χ1v) is 4.52. The fourth-order valence-electron chi connectivity index (χ4n) is 1.00. The lowest BCUT2D eigenvalue weighted by atomic mass is 10.2. The summed E-state index contributed by atoms with van der Waals surface area (Å²) in [6.45, 7) is 0.900. The Balaban J connectivity index is 2.66. The Hall–Kier alpha value is -1.66. The van der Waals surface area contributed by atoms with Gasteiger partial charge in [-0.2, -0.15) is 0 Å². The minimum atomic E-state index is 0.588. The topological polar surface area (TPSA) is 64.1 Å². The van der Waals surface area contributed by atoms with Crippen molar-refractivity contribution >= 4 is 11.4 Å². The predicted molar refractivity (Wildman–Crippen MR) is 60.7 cm³/mol. The van der Waals surface area contributed by atoms with E-state index in [-0.39, 0.29) is 0 Å². The van der Waals surface area contributed by atoms with Crippen molar-refractivity contribution in [2.45, 2.75) is 6.42 Å². The van der Waals surface area contributed by atoms with Gasteiger partial charge in [0, 0.05) is 18.5 Å². The zero-order chi connectivity index (χ0) is 10.4. The summed E-state index contributed by atoms with van der Waals surface area (Å²) in [6, 6.07) is 5.44. The van der Waals surface area contributed by atoms with Gasteiger partial charge in [0.05, 0.1) is 11.4 Å². The van der Waals surface area contributed by atoms with E-state index in [2.05, 4.69) is 17.2 Å². The van der Waals surface area contributed by atoms with Crippen molar-refractivity contribution in [1.29, 1.82) is 0 Å². The van der Waals surface area contributed by atoms with Gasteiger partial charge in [0.15, 0.2) is 0 Å². The molecule has 74 valence electrons. The number of nitrogens with one attached hydrogen (secondary N) is 1. The summed E-state index contributed by atoms with van der Waals surface area (Å²) in [6.07, 6.45) is 0.834. The second kappa shape index (κ2) is 5.15. The van der Waals surface area contributed by atoms with E-state index in [1.165, 1.54) is 0 Å². The molecule has 0 atom stereocenters. The summed E-state index contributed by atoms with van der Waals surface area (Å²) >= 11 is 0. The average molecular weight is 189 g/mol. The SMILES string of the molecule is CNCCC#Cc1ccc(N)c(N)c1. The standard InChI is InChI=1S/C11H15N3/c1-14-7-3-2-4-9-5-6-10(12)11(13)8-9/h5-6,8,14H,3,7,12-13H2,1H3. The van der Waals surface area contributed by atoms with Crippen LogP contribution in [0.1, 0.15) is 12.0 Å². The highest BCUT2D eigenvalue weighted by Crippen LogP contribution is 2.14. The first-order chi connectivity index (χ1) is 6.74. The smallest absolute Gasteiger partial charge is 0.0560 e. The van der Waals surface area contributed by atoms with Gasteiger partial charge < -0.3 is 16.8 Å². The normalized spacial score (nSPS) is 9.21. The van der Waals surface area contributed by atoms with Gasteiger partial charge in [-0.05, 0) is 25.2 Å². The van der Waals surface area contributed by atoms with Gasteiger partial charge in [-0.3, -0.25) is 0 Å². The molecule has 1 aromatic carbocycles. The molecule has 0 aromatic heterocycles. The third-order valence-electron chi connectivity index (χ3n) is 1.82. The van der Waals surface area contributed by atoms with Crippen LogP contribution in [-0.2, 0) is 0 Å². The Bertz CT molecular complexity index is 361. The average Bonchev–Trinajstić information content (AvgIpc) is 2.18. The van der Waals surface area contributed by atoms with Crippen LogP contribution in [0.2, 0.25) is 0 Å². The van der Waals surface area contributed by atoms with E-state index in [0.717, 1.165) is 18.5 Å². The molecule has 0 unspecified atom stereocenters. The molecule has 0 heterocycles. The van der Waals surface area contributed by atoms with Gasteiger partial charge in [0.1, 0.15) is 0 Å². The second-order valence-electron chi connectivity index (χ2n) is 3.00. The summed E-state index contributed by atoms with van der Waals surface area (Å²) < 4.78 is 0. The molecule has 0 spiro atoms. The highest BCUT2D eigenvalue weighted by molar-refractivity contribution is 5.65. The van der Waals surface area contributed by atoms with Crippen molar-refractivity contribution in [3.8, 4) is 11.8 Å². The third kappa shape index (κ3) is 3.00. The number of rotatable bonds is 2. The van der Waals surface area contributed by atoms with Gasteiger partial charge in [-0.15, -0.1) is 0 Å². The Morgan fingerprint density at radius 1 is 1.29 bits per heavy atom. The van der Waals surface area contributed by atoms with E-state index in [9.17, 15) is 0 Å². The van der Waals surface area contributed by atoms with E-state index < -0.39 is 0 Å². The second-order valence-corrected chi connectivity index (χ2v) is 3.00. The maximum atomic E-state index is 5.65. The lowest BCUT2D eigenvalue weighted by Gasteiger charge is -1.98. The van der Waals surface area contributed by atoms with Gasteiger partial charge in [0.25, 0.3) is 0 Å². The molecule has 0 radical (unpaired) electrons. The summed E-state index contributed by atoms with van der Waals surface area (Å²) in [4.78, 5) is 0. The minimum Gasteiger partial charge on any atom is -0.397 e. The van der Waals surface area contributed by atoms with Crippen LogP contribution in [0.25, 0.3) is 0 Å². The van der Waals surface area contributed by atoms with Crippen LogP contribution in [0.5, 0.6) is 0 Å². The zero-order valence-electron chi connectivity index (χ0n) is 8.30. The first-order valence-electron chi connectivity index (χ1n) is 4.52. The number of benzene rings is 1. The quantitative estimate of drug-likeness (QED) is 0.366. The Morgan fingerprint density at radius 3 is 2.71 bits per heavy atom. The van der Waals surface area contributed by atoms with Crippen molar-refractivity contribution in [1.82, 2.24) is 5.32 Å². The first kappa shape index (κ1) is 10.4. The minimum absolute atomic E-state index is 0.588. The molecule has 0 saturated heterocycles. The van der Waals surface area contributed by atoms with Crippen molar-refractivity contribution in [3.05, 3.63) is 23.8 Å². The van der Waals surface area contributed by atoms with Gasteiger partial charge in [-0.1, -0.05) is 11.8 Å². The lowest BCUT2D eigenvalue weighted by Crippen LogP contribution is -2.05. The Morgan fingerprint density at radius 2 is 2.07 bits per heavy atom. The molecular formula is C11H15N3. The number of hydrogen-bond donors (Lipinski definition) is 3. The van der Waals surface area contributed by atoms with Crippen molar-refractivity contribution < 1.29 is 0 Å². The van der Waals surface area contributed by atoms with Crippen LogP contribution >= 0.6 is 0 Å². The van der Waals surface area contributed by atoms with Crippen LogP contribution < -0.4 is 16.8 Å². The maximum Gasteiger partial charge on any atom is 0.0560 e. The van der Waals surface area contributed by atoms with E-state index >= 15 is 0 Å². The monoisotopic (exact) mass is 189 g/mol. The molecule has 5 N–H and O–H groups in total. The van der Waals surface area contributed by atoms with E-state index in [4.69, 9.17) is 11.5 Å². The maximum absolute atomic E-state index is 5.65. The van der Waals surface area contributed by atoms with Gasteiger partial charge >= 0.3 is 0 Å². The molecule has 0 amide bonds. The van der Waals surface area contributed by atoms with Crippen molar-refractivity contribution in [2.24, 2.45) is 0 Å². The molecule has 3 heteroatoms. The number of hydrogen-bond acceptors (Lipinski definition) is 3. The molecule has 3 nitrogen and oxygen atoms in total. The fourth-order valence-corrected chi connectivity index (χ4v) is 1.00. The molecule has 1 rings (SSSR count). The van der Waals surface area contributed by atoms with Crippen LogP contribution in [0, 0.1) is 11.8 Å². The number of nitrogen functional groups attached to an aromatic ring is 2. The molecule has 0 aliphatic heterocycles. The molecule has 14 heavy (non-hydrogen) atoms. The number of anilines is 2. The third-order valence-corrected chi connectivity index (χ3v) is 1.82. The molecule has 0 bridgehead atoms. The molecular weight excluding hydrogens is 174 g/mol. The summed E-state index contributed by atoms with van der Waals surface area (Å²) in [5.41, 5.74) is 13.3. The number of nitrogens with two attached hydrogens (primary N) is 2. The molecule has 0 aliphatic rings. The molecule has 0 aliphatic carbocycles. The van der Waals surface area contributed by atoms with E-state index in [0.29, 0.717) is 11.4 Å². The fraction of sp³-hybridized carbons (Fsp3) is 0.273. The summed E-state index contributed by atoms with van der Waals surface area (Å²) in [5.74, 6) is 6.06.